The lowest BCUT2D eigenvalue weighted by Gasteiger charge is -2.19. The zero-order valence-electron chi connectivity index (χ0n) is 10.7. The summed E-state index contributed by atoms with van der Waals surface area (Å²) in [7, 11) is 5.19. The summed E-state index contributed by atoms with van der Waals surface area (Å²) in [6.07, 6.45) is 1.64. The lowest BCUT2D eigenvalue weighted by molar-refractivity contribution is 0.275. The van der Waals surface area contributed by atoms with Crippen LogP contribution >= 0.6 is 0 Å². The number of rotatable bonds is 7. The summed E-state index contributed by atoms with van der Waals surface area (Å²) in [5, 5.41) is 12.1. The first-order valence-electron chi connectivity index (χ1n) is 5.76. The second-order valence-electron chi connectivity index (χ2n) is 3.81. The van der Waals surface area contributed by atoms with Crippen LogP contribution < -0.4 is 14.8 Å². The van der Waals surface area contributed by atoms with Gasteiger partial charge in [-0.1, -0.05) is 6.07 Å². The maximum atomic E-state index is 8.89. The molecule has 0 aliphatic carbocycles. The Hall–Kier alpha value is -1.26. The van der Waals surface area contributed by atoms with Crippen LogP contribution in [0.25, 0.3) is 0 Å². The molecule has 17 heavy (non-hydrogen) atoms. The predicted octanol–water partition coefficient (Wildman–Crippen LogP) is 1.74. The Kier molecular flexibility index (Phi) is 5.80. The smallest absolute Gasteiger partial charge is 0.127 e. The van der Waals surface area contributed by atoms with E-state index in [0.717, 1.165) is 29.9 Å². The highest BCUT2D eigenvalue weighted by atomic mass is 16.5. The third-order valence-corrected chi connectivity index (χ3v) is 2.82. The van der Waals surface area contributed by atoms with E-state index in [0.29, 0.717) is 0 Å². The minimum absolute atomic E-state index is 0.183. The second kappa shape index (κ2) is 7.14. The molecule has 0 amide bonds. The van der Waals surface area contributed by atoms with Gasteiger partial charge < -0.3 is 19.9 Å². The van der Waals surface area contributed by atoms with Crippen molar-refractivity contribution in [3.05, 3.63) is 23.8 Å². The summed E-state index contributed by atoms with van der Waals surface area (Å²) in [6, 6.07) is 5.97. The Labute approximate surface area is 103 Å². The summed E-state index contributed by atoms with van der Waals surface area (Å²) in [5.41, 5.74) is 1.09. The first kappa shape index (κ1) is 13.8. The van der Waals surface area contributed by atoms with Crippen LogP contribution in [0.4, 0.5) is 0 Å². The van der Waals surface area contributed by atoms with Gasteiger partial charge in [-0.3, -0.25) is 0 Å². The maximum absolute atomic E-state index is 8.89. The van der Waals surface area contributed by atoms with E-state index in [2.05, 4.69) is 5.32 Å². The van der Waals surface area contributed by atoms with Crippen molar-refractivity contribution < 1.29 is 14.6 Å². The van der Waals surface area contributed by atoms with Crippen molar-refractivity contribution in [2.75, 3.05) is 27.9 Å². The zero-order chi connectivity index (χ0) is 12.7. The Morgan fingerprint density at radius 3 is 2.59 bits per heavy atom. The fourth-order valence-corrected chi connectivity index (χ4v) is 1.86. The van der Waals surface area contributed by atoms with Crippen LogP contribution in [-0.2, 0) is 0 Å². The number of benzene rings is 1. The molecule has 0 saturated carbocycles. The molecule has 0 saturated heterocycles. The van der Waals surface area contributed by atoms with E-state index in [4.69, 9.17) is 14.6 Å². The van der Waals surface area contributed by atoms with Gasteiger partial charge in [0.2, 0.25) is 0 Å². The van der Waals surface area contributed by atoms with E-state index < -0.39 is 0 Å². The molecule has 4 nitrogen and oxygen atoms in total. The van der Waals surface area contributed by atoms with Gasteiger partial charge in [0.05, 0.1) is 14.2 Å². The quantitative estimate of drug-likeness (QED) is 0.761. The second-order valence-corrected chi connectivity index (χ2v) is 3.81. The van der Waals surface area contributed by atoms with Crippen molar-refractivity contribution in [3.8, 4) is 11.5 Å². The first-order chi connectivity index (χ1) is 8.26. The van der Waals surface area contributed by atoms with Crippen LogP contribution in [0.3, 0.4) is 0 Å². The van der Waals surface area contributed by atoms with Crippen molar-refractivity contribution in [2.45, 2.75) is 18.9 Å². The normalized spacial score (nSPS) is 12.2. The highest BCUT2D eigenvalue weighted by Gasteiger charge is 2.14. The number of hydrogen-bond acceptors (Lipinski definition) is 4. The van der Waals surface area contributed by atoms with Crippen LogP contribution in [-0.4, -0.2) is 33.0 Å². The van der Waals surface area contributed by atoms with E-state index in [1.54, 1.807) is 14.2 Å². The summed E-state index contributed by atoms with van der Waals surface area (Å²) in [6.45, 7) is 0.205. The molecule has 2 N–H and O–H groups in total. The molecule has 1 unspecified atom stereocenters. The third-order valence-electron chi connectivity index (χ3n) is 2.82. The molecule has 96 valence electrons. The fourth-order valence-electron chi connectivity index (χ4n) is 1.86. The highest BCUT2D eigenvalue weighted by Crippen LogP contribution is 2.31. The van der Waals surface area contributed by atoms with Gasteiger partial charge in [0, 0.05) is 24.3 Å². The largest absolute Gasteiger partial charge is 0.497 e. The lowest BCUT2D eigenvalue weighted by Crippen LogP contribution is -2.17. The minimum Gasteiger partial charge on any atom is -0.497 e. The van der Waals surface area contributed by atoms with Gasteiger partial charge in [0.25, 0.3) is 0 Å². The molecule has 0 aromatic heterocycles. The molecular formula is C13H21NO3. The molecule has 0 fully saturated rings. The van der Waals surface area contributed by atoms with Gasteiger partial charge in [0.1, 0.15) is 11.5 Å². The van der Waals surface area contributed by atoms with Crippen LogP contribution in [0.15, 0.2) is 18.2 Å². The molecule has 1 aromatic carbocycles. The van der Waals surface area contributed by atoms with Gasteiger partial charge in [-0.05, 0) is 26.0 Å². The summed E-state index contributed by atoms with van der Waals surface area (Å²) in [5.74, 6) is 1.59. The SMILES string of the molecule is CNC(CCCO)c1ccc(OC)cc1OC. The van der Waals surface area contributed by atoms with Crippen LogP contribution in [0.2, 0.25) is 0 Å². The van der Waals surface area contributed by atoms with Gasteiger partial charge >= 0.3 is 0 Å². The van der Waals surface area contributed by atoms with E-state index in [-0.39, 0.29) is 12.6 Å². The number of ether oxygens (including phenoxy) is 2. The molecule has 0 aliphatic heterocycles. The Morgan fingerprint density at radius 2 is 2.06 bits per heavy atom. The monoisotopic (exact) mass is 239 g/mol. The lowest BCUT2D eigenvalue weighted by atomic mass is 10.0. The van der Waals surface area contributed by atoms with Crippen molar-refractivity contribution >= 4 is 0 Å². The number of methoxy groups -OCH3 is 2. The van der Waals surface area contributed by atoms with Crippen molar-refractivity contribution in [1.82, 2.24) is 5.32 Å². The highest BCUT2D eigenvalue weighted by molar-refractivity contribution is 5.42. The van der Waals surface area contributed by atoms with E-state index >= 15 is 0 Å². The molecule has 1 rings (SSSR count). The molecule has 1 aromatic rings. The van der Waals surface area contributed by atoms with Gasteiger partial charge in [0.15, 0.2) is 0 Å². The van der Waals surface area contributed by atoms with Crippen molar-refractivity contribution in [2.24, 2.45) is 0 Å². The maximum Gasteiger partial charge on any atom is 0.127 e. The van der Waals surface area contributed by atoms with Crippen LogP contribution in [0.5, 0.6) is 11.5 Å². The van der Waals surface area contributed by atoms with Gasteiger partial charge in [-0.2, -0.15) is 0 Å². The van der Waals surface area contributed by atoms with Gasteiger partial charge in [-0.25, -0.2) is 0 Å². The summed E-state index contributed by atoms with van der Waals surface area (Å²) in [4.78, 5) is 0. The number of aliphatic hydroxyl groups is 1. The summed E-state index contributed by atoms with van der Waals surface area (Å²) < 4.78 is 10.5. The van der Waals surface area contributed by atoms with Crippen molar-refractivity contribution in [3.63, 3.8) is 0 Å². The molecular weight excluding hydrogens is 218 g/mol. The molecule has 0 radical (unpaired) electrons. The minimum atomic E-state index is 0.183. The number of aliphatic hydroxyl groups excluding tert-OH is 1. The van der Waals surface area contributed by atoms with Gasteiger partial charge in [-0.15, -0.1) is 0 Å². The topological polar surface area (TPSA) is 50.7 Å². The number of hydrogen-bond donors (Lipinski definition) is 2. The molecule has 0 bridgehead atoms. The fraction of sp³-hybridized carbons (Fsp3) is 0.538. The summed E-state index contributed by atoms with van der Waals surface area (Å²) >= 11 is 0. The van der Waals surface area contributed by atoms with E-state index in [1.165, 1.54) is 0 Å². The van der Waals surface area contributed by atoms with Crippen LogP contribution in [0, 0.1) is 0 Å². The van der Waals surface area contributed by atoms with Crippen molar-refractivity contribution in [1.29, 1.82) is 0 Å². The van der Waals surface area contributed by atoms with E-state index in [1.807, 2.05) is 25.2 Å². The average molecular weight is 239 g/mol. The zero-order valence-corrected chi connectivity index (χ0v) is 10.7. The van der Waals surface area contributed by atoms with Crippen LogP contribution in [0.1, 0.15) is 24.4 Å². The Morgan fingerprint density at radius 1 is 1.29 bits per heavy atom. The molecule has 0 spiro atoms. The molecule has 4 heteroatoms. The Balaban J connectivity index is 2.93. The van der Waals surface area contributed by atoms with E-state index in [9.17, 15) is 0 Å². The molecule has 0 heterocycles. The standard InChI is InChI=1S/C13H21NO3/c1-14-12(5-4-8-15)11-7-6-10(16-2)9-13(11)17-3/h6-7,9,12,14-15H,4-5,8H2,1-3H3. The Bertz CT molecular complexity index is 341. The first-order valence-corrected chi connectivity index (χ1v) is 5.76. The molecule has 1 atom stereocenters. The number of nitrogens with one attached hydrogen (secondary N) is 1. The average Bonchev–Trinajstić information content (AvgIpc) is 2.39. The third kappa shape index (κ3) is 3.61. The predicted molar refractivity (Wildman–Crippen MR) is 67.7 cm³/mol. The molecule has 0 aliphatic rings.